The van der Waals surface area contributed by atoms with E-state index in [9.17, 15) is 14.7 Å². The Morgan fingerprint density at radius 1 is 1.08 bits per heavy atom. The minimum absolute atomic E-state index is 0.105. The van der Waals surface area contributed by atoms with Gasteiger partial charge in [-0.2, -0.15) is 0 Å². The molecule has 0 fully saturated rings. The molecule has 0 amide bonds. The highest BCUT2D eigenvalue weighted by atomic mass is 16.6. The highest BCUT2D eigenvalue weighted by molar-refractivity contribution is 5.95. The summed E-state index contributed by atoms with van der Waals surface area (Å²) in [7, 11) is 0. The van der Waals surface area contributed by atoms with Gasteiger partial charge in [0.05, 0.1) is 32.5 Å². The van der Waals surface area contributed by atoms with Gasteiger partial charge < -0.3 is 19.3 Å². The van der Waals surface area contributed by atoms with Crippen LogP contribution in [0.3, 0.4) is 0 Å². The lowest BCUT2D eigenvalue weighted by Gasteiger charge is -2.13. The van der Waals surface area contributed by atoms with Crippen molar-refractivity contribution in [3.8, 4) is 0 Å². The Morgan fingerprint density at radius 3 is 2.24 bits per heavy atom. The summed E-state index contributed by atoms with van der Waals surface area (Å²) in [6, 6.07) is 9.63. The zero-order valence-electron chi connectivity index (χ0n) is 14.7. The predicted octanol–water partition coefficient (Wildman–Crippen LogP) is 2.25. The van der Waals surface area contributed by atoms with Crippen LogP contribution in [0.15, 0.2) is 42.5 Å². The summed E-state index contributed by atoms with van der Waals surface area (Å²) < 4.78 is 15.2. The minimum atomic E-state index is -1.02. The lowest BCUT2D eigenvalue weighted by Crippen LogP contribution is -2.27. The second kappa shape index (κ2) is 12.2. The van der Waals surface area contributed by atoms with Crippen LogP contribution in [0.4, 0.5) is 0 Å². The number of carbonyl (C=O) groups is 2. The summed E-state index contributed by atoms with van der Waals surface area (Å²) >= 11 is 0. The number of allylic oxidation sites excluding steroid dienone is 1. The van der Waals surface area contributed by atoms with Crippen LogP contribution >= 0.6 is 0 Å². The molecule has 1 atom stereocenters. The second-order valence-electron chi connectivity index (χ2n) is 5.29. The fourth-order valence-electron chi connectivity index (χ4n) is 2.07. The van der Waals surface area contributed by atoms with E-state index < -0.39 is 24.0 Å². The van der Waals surface area contributed by atoms with Gasteiger partial charge in [0, 0.05) is 0 Å². The van der Waals surface area contributed by atoms with E-state index in [-0.39, 0.29) is 26.2 Å². The molecule has 25 heavy (non-hydrogen) atoms. The molecule has 1 aromatic rings. The molecule has 0 spiro atoms. The van der Waals surface area contributed by atoms with Gasteiger partial charge >= 0.3 is 11.9 Å². The summed E-state index contributed by atoms with van der Waals surface area (Å²) in [5, 5.41) is 9.88. The van der Waals surface area contributed by atoms with Crippen LogP contribution in [0.2, 0.25) is 0 Å². The lowest BCUT2D eigenvalue weighted by atomic mass is 10.1. The van der Waals surface area contributed by atoms with Crippen molar-refractivity contribution < 1.29 is 28.9 Å². The van der Waals surface area contributed by atoms with E-state index >= 15 is 0 Å². The van der Waals surface area contributed by atoms with Crippen molar-refractivity contribution in [1.29, 1.82) is 0 Å². The molecule has 0 aliphatic rings. The molecule has 0 heterocycles. The van der Waals surface area contributed by atoms with E-state index in [4.69, 9.17) is 14.2 Å². The monoisotopic (exact) mass is 350 g/mol. The van der Waals surface area contributed by atoms with Crippen LogP contribution in [0.5, 0.6) is 0 Å². The Balaban J connectivity index is 2.42. The van der Waals surface area contributed by atoms with Gasteiger partial charge in [0.25, 0.3) is 0 Å². The molecule has 0 aromatic heterocycles. The van der Waals surface area contributed by atoms with Crippen LogP contribution in [0, 0.1) is 5.92 Å². The molecule has 0 aliphatic heterocycles. The van der Waals surface area contributed by atoms with Crippen LogP contribution in [-0.2, 0) is 30.4 Å². The standard InChI is InChI=1S/C19H26O6/c1-3-24-18(21)17(19(22)25-4-2)12-8-11-16(20)14-23-13-15-9-6-5-7-10-15/h5-11,16-17,20H,3-4,12-14H2,1-2H3/b11-8+/t16-/m1/s1. The first-order chi connectivity index (χ1) is 12.1. The van der Waals surface area contributed by atoms with Crippen molar-refractivity contribution in [3.05, 3.63) is 48.0 Å². The van der Waals surface area contributed by atoms with Crippen molar-refractivity contribution in [2.24, 2.45) is 5.92 Å². The minimum Gasteiger partial charge on any atom is -0.465 e. The number of benzene rings is 1. The van der Waals surface area contributed by atoms with Gasteiger partial charge in [0.1, 0.15) is 0 Å². The summed E-state index contributed by atoms with van der Waals surface area (Å²) in [5.41, 5.74) is 1.02. The molecule has 6 nitrogen and oxygen atoms in total. The molecule has 0 radical (unpaired) electrons. The summed E-state index contributed by atoms with van der Waals surface area (Å²) in [5.74, 6) is -2.27. The highest BCUT2D eigenvalue weighted by Gasteiger charge is 2.28. The van der Waals surface area contributed by atoms with Gasteiger partial charge in [-0.1, -0.05) is 42.5 Å². The topological polar surface area (TPSA) is 82.1 Å². The summed E-state index contributed by atoms with van der Waals surface area (Å²) in [6.45, 7) is 4.24. The van der Waals surface area contributed by atoms with Crippen LogP contribution in [0.1, 0.15) is 25.8 Å². The van der Waals surface area contributed by atoms with Crippen molar-refractivity contribution in [1.82, 2.24) is 0 Å². The summed E-state index contributed by atoms with van der Waals surface area (Å²) in [6.07, 6.45) is 2.34. The van der Waals surface area contributed by atoms with Crippen molar-refractivity contribution >= 4 is 11.9 Å². The van der Waals surface area contributed by atoms with Crippen LogP contribution < -0.4 is 0 Å². The molecular formula is C19H26O6. The van der Waals surface area contributed by atoms with Crippen molar-refractivity contribution in [2.75, 3.05) is 19.8 Å². The molecule has 0 unspecified atom stereocenters. The molecule has 1 aromatic carbocycles. The number of esters is 2. The van der Waals surface area contributed by atoms with E-state index in [2.05, 4.69) is 0 Å². The van der Waals surface area contributed by atoms with E-state index in [0.29, 0.717) is 6.61 Å². The maximum atomic E-state index is 11.8. The van der Waals surface area contributed by atoms with Crippen molar-refractivity contribution in [2.45, 2.75) is 33.0 Å². The molecule has 6 heteroatoms. The quantitative estimate of drug-likeness (QED) is 0.374. The Kier molecular flexibility index (Phi) is 10.2. The lowest BCUT2D eigenvalue weighted by molar-refractivity contribution is -0.161. The molecule has 0 aliphatic carbocycles. The highest BCUT2D eigenvalue weighted by Crippen LogP contribution is 2.11. The fourth-order valence-corrected chi connectivity index (χ4v) is 2.07. The maximum Gasteiger partial charge on any atom is 0.320 e. The average molecular weight is 350 g/mol. The number of aliphatic hydroxyl groups excluding tert-OH is 1. The largest absolute Gasteiger partial charge is 0.465 e. The summed E-state index contributed by atoms with van der Waals surface area (Å²) in [4.78, 5) is 23.6. The van der Waals surface area contributed by atoms with Crippen LogP contribution in [0.25, 0.3) is 0 Å². The molecule has 0 saturated heterocycles. The first-order valence-electron chi connectivity index (χ1n) is 8.38. The smallest absolute Gasteiger partial charge is 0.320 e. The maximum absolute atomic E-state index is 11.8. The Hall–Kier alpha value is -2.18. The zero-order chi connectivity index (χ0) is 18.5. The number of ether oxygens (including phenoxy) is 3. The Bertz CT molecular complexity index is 522. The van der Waals surface area contributed by atoms with E-state index in [1.807, 2.05) is 30.3 Å². The van der Waals surface area contributed by atoms with E-state index in [1.54, 1.807) is 19.9 Å². The van der Waals surface area contributed by atoms with Gasteiger partial charge in [-0.25, -0.2) is 0 Å². The van der Waals surface area contributed by atoms with Gasteiger partial charge in [-0.15, -0.1) is 0 Å². The molecule has 1 N–H and O–H groups in total. The number of aliphatic hydroxyl groups is 1. The van der Waals surface area contributed by atoms with Crippen molar-refractivity contribution in [3.63, 3.8) is 0 Å². The molecule has 0 bridgehead atoms. The number of rotatable bonds is 11. The van der Waals surface area contributed by atoms with Gasteiger partial charge in [-0.3, -0.25) is 9.59 Å². The van der Waals surface area contributed by atoms with Gasteiger partial charge in [-0.05, 0) is 25.8 Å². The number of hydrogen-bond donors (Lipinski definition) is 1. The fraction of sp³-hybridized carbons (Fsp3) is 0.474. The SMILES string of the molecule is CCOC(=O)C(C/C=C/[C@@H](O)COCc1ccccc1)C(=O)OCC. The Labute approximate surface area is 148 Å². The number of carbonyl (C=O) groups excluding carboxylic acids is 2. The van der Waals surface area contributed by atoms with E-state index in [1.165, 1.54) is 6.08 Å². The number of hydrogen-bond acceptors (Lipinski definition) is 6. The molecule has 0 saturated carbocycles. The second-order valence-corrected chi connectivity index (χ2v) is 5.29. The third-order valence-corrected chi connectivity index (χ3v) is 3.27. The first-order valence-corrected chi connectivity index (χ1v) is 8.38. The normalized spacial score (nSPS) is 12.3. The molecule has 138 valence electrons. The molecule has 1 rings (SSSR count). The van der Waals surface area contributed by atoms with Gasteiger partial charge in [0.2, 0.25) is 0 Å². The first kappa shape index (κ1) is 20.9. The molecular weight excluding hydrogens is 324 g/mol. The predicted molar refractivity (Wildman–Crippen MR) is 92.6 cm³/mol. The average Bonchev–Trinajstić information content (AvgIpc) is 2.60. The van der Waals surface area contributed by atoms with E-state index in [0.717, 1.165) is 5.56 Å². The third-order valence-electron chi connectivity index (χ3n) is 3.27. The van der Waals surface area contributed by atoms with Crippen LogP contribution in [-0.4, -0.2) is 43.0 Å². The third kappa shape index (κ3) is 8.47. The van der Waals surface area contributed by atoms with Gasteiger partial charge in [0.15, 0.2) is 5.92 Å². The Morgan fingerprint density at radius 2 is 1.68 bits per heavy atom. The zero-order valence-corrected chi connectivity index (χ0v) is 14.7.